The summed E-state index contributed by atoms with van der Waals surface area (Å²) in [6, 6.07) is 5.91. The predicted octanol–water partition coefficient (Wildman–Crippen LogP) is 3.02. The lowest BCUT2D eigenvalue weighted by Crippen LogP contribution is -2.04. The van der Waals surface area contributed by atoms with Crippen molar-refractivity contribution in [2.24, 2.45) is 0 Å². The van der Waals surface area contributed by atoms with Gasteiger partial charge in [-0.05, 0) is 39.7 Å². The Morgan fingerprint density at radius 2 is 2.16 bits per heavy atom. The fraction of sp³-hybridized carbons (Fsp3) is 0.0769. The number of benzene rings is 1. The number of carbonyl (C=O) groups is 1. The van der Waals surface area contributed by atoms with Gasteiger partial charge in [0, 0.05) is 16.2 Å². The molecule has 2 aromatic rings. The number of carbonyl (C=O) groups excluding carboxylic acids is 1. The number of halogens is 2. The Labute approximate surface area is 117 Å². The van der Waals surface area contributed by atoms with Crippen LogP contribution in [0.1, 0.15) is 10.4 Å². The second kappa shape index (κ2) is 5.36. The summed E-state index contributed by atoms with van der Waals surface area (Å²) in [5.41, 5.74) is 6.76. The zero-order valence-corrected chi connectivity index (χ0v) is 11.6. The predicted molar refractivity (Wildman–Crippen MR) is 73.1 cm³/mol. The lowest BCUT2D eigenvalue weighted by Gasteiger charge is -2.07. The molecule has 0 unspecified atom stereocenters. The molecule has 0 amide bonds. The fourth-order valence-corrected chi connectivity index (χ4v) is 1.97. The summed E-state index contributed by atoms with van der Waals surface area (Å²) in [7, 11) is 1.20. The number of methoxy groups -OCH3 is 1. The highest BCUT2D eigenvalue weighted by Gasteiger charge is 2.14. The number of anilines is 1. The highest BCUT2D eigenvalue weighted by molar-refractivity contribution is 9.10. The van der Waals surface area contributed by atoms with Crippen LogP contribution in [0.2, 0.25) is 0 Å². The van der Waals surface area contributed by atoms with E-state index in [-0.39, 0.29) is 11.4 Å². The van der Waals surface area contributed by atoms with Crippen LogP contribution in [0, 0.1) is 5.82 Å². The first-order valence-electron chi connectivity index (χ1n) is 5.32. The molecule has 0 aliphatic carbocycles. The van der Waals surface area contributed by atoms with Gasteiger partial charge < -0.3 is 10.5 Å². The summed E-state index contributed by atoms with van der Waals surface area (Å²) >= 11 is 3.28. The summed E-state index contributed by atoms with van der Waals surface area (Å²) in [6.07, 6.45) is 1.55. The molecule has 0 saturated carbocycles. The Morgan fingerprint density at radius 3 is 2.79 bits per heavy atom. The number of nitrogen functional groups attached to an aromatic ring is 1. The third kappa shape index (κ3) is 2.73. The number of nitrogens with two attached hydrogens (primary N) is 1. The first kappa shape index (κ1) is 13.5. The average molecular weight is 325 g/mol. The van der Waals surface area contributed by atoms with Gasteiger partial charge in [0.2, 0.25) is 0 Å². The Hall–Kier alpha value is -1.95. The molecule has 4 nitrogen and oxygen atoms in total. The lowest BCUT2D eigenvalue weighted by atomic mass is 10.0. The Balaban J connectivity index is 2.50. The Morgan fingerprint density at radius 1 is 1.42 bits per heavy atom. The minimum absolute atomic E-state index is 0.118. The standard InChI is InChI=1S/C13H10BrFN2O2/c1-19-13(18)9-3-2-7(4-11(9)15)10-5-8(14)6-17-12(10)16/h2-6H,1H3,(H2,16,17). The molecule has 98 valence electrons. The normalized spacial score (nSPS) is 10.3. The van der Waals surface area contributed by atoms with E-state index in [1.165, 1.54) is 19.2 Å². The Bertz CT molecular complexity index is 647. The molecule has 0 aliphatic heterocycles. The molecular weight excluding hydrogens is 315 g/mol. The van der Waals surface area contributed by atoms with Crippen molar-refractivity contribution in [3.05, 3.63) is 46.3 Å². The van der Waals surface area contributed by atoms with Crippen molar-refractivity contribution in [2.45, 2.75) is 0 Å². The molecule has 0 aliphatic rings. The van der Waals surface area contributed by atoms with E-state index in [1.807, 2.05) is 0 Å². The topological polar surface area (TPSA) is 65.2 Å². The van der Waals surface area contributed by atoms with E-state index in [0.29, 0.717) is 11.1 Å². The van der Waals surface area contributed by atoms with E-state index in [2.05, 4.69) is 25.7 Å². The van der Waals surface area contributed by atoms with Gasteiger partial charge in [-0.1, -0.05) is 6.07 Å². The Kier molecular flexibility index (Phi) is 3.80. The smallest absolute Gasteiger partial charge is 0.340 e. The number of esters is 1. The van der Waals surface area contributed by atoms with E-state index in [1.54, 1.807) is 18.3 Å². The molecular formula is C13H10BrFN2O2. The zero-order valence-electron chi connectivity index (χ0n) is 9.98. The van der Waals surface area contributed by atoms with Gasteiger partial charge in [-0.3, -0.25) is 0 Å². The van der Waals surface area contributed by atoms with Gasteiger partial charge in [0.15, 0.2) is 0 Å². The maximum atomic E-state index is 13.8. The van der Waals surface area contributed by atoms with Crippen LogP contribution in [-0.4, -0.2) is 18.1 Å². The highest BCUT2D eigenvalue weighted by atomic mass is 79.9. The number of ether oxygens (including phenoxy) is 1. The van der Waals surface area contributed by atoms with Crippen molar-refractivity contribution >= 4 is 27.7 Å². The molecule has 19 heavy (non-hydrogen) atoms. The van der Waals surface area contributed by atoms with Gasteiger partial charge in [-0.25, -0.2) is 14.2 Å². The van der Waals surface area contributed by atoms with Crippen LogP contribution in [0.25, 0.3) is 11.1 Å². The number of rotatable bonds is 2. The first-order valence-corrected chi connectivity index (χ1v) is 6.11. The van der Waals surface area contributed by atoms with Crippen LogP contribution in [-0.2, 0) is 4.74 Å². The van der Waals surface area contributed by atoms with Crippen molar-refractivity contribution in [3.63, 3.8) is 0 Å². The third-order valence-electron chi connectivity index (χ3n) is 2.57. The average Bonchev–Trinajstić information content (AvgIpc) is 2.40. The minimum Gasteiger partial charge on any atom is -0.465 e. The SMILES string of the molecule is COC(=O)c1ccc(-c2cc(Br)cnc2N)cc1F. The molecule has 1 aromatic heterocycles. The van der Waals surface area contributed by atoms with Crippen LogP contribution in [0.4, 0.5) is 10.2 Å². The van der Waals surface area contributed by atoms with Gasteiger partial charge in [0.05, 0.1) is 12.7 Å². The molecule has 0 radical (unpaired) electrons. The molecule has 6 heteroatoms. The van der Waals surface area contributed by atoms with Gasteiger partial charge in [-0.15, -0.1) is 0 Å². The van der Waals surface area contributed by atoms with Gasteiger partial charge >= 0.3 is 5.97 Å². The fourth-order valence-electron chi connectivity index (χ4n) is 1.64. The first-order chi connectivity index (χ1) is 9.02. The molecule has 2 N–H and O–H groups in total. The molecule has 0 saturated heterocycles. The van der Waals surface area contributed by atoms with E-state index in [4.69, 9.17) is 5.73 Å². The molecule has 0 spiro atoms. The number of hydrogen-bond acceptors (Lipinski definition) is 4. The lowest BCUT2D eigenvalue weighted by molar-refractivity contribution is 0.0595. The summed E-state index contributed by atoms with van der Waals surface area (Å²) in [5.74, 6) is -1.10. The summed E-state index contributed by atoms with van der Waals surface area (Å²) in [4.78, 5) is 15.3. The number of nitrogens with zero attached hydrogens (tertiary/aromatic N) is 1. The second-order valence-corrected chi connectivity index (χ2v) is 4.69. The van der Waals surface area contributed by atoms with Gasteiger partial charge in [0.1, 0.15) is 11.6 Å². The van der Waals surface area contributed by atoms with Crippen molar-refractivity contribution in [1.82, 2.24) is 4.98 Å². The molecule has 0 atom stereocenters. The minimum atomic E-state index is -0.718. The van der Waals surface area contributed by atoms with Crippen LogP contribution in [0.3, 0.4) is 0 Å². The zero-order chi connectivity index (χ0) is 14.0. The van der Waals surface area contributed by atoms with E-state index < -0.39 is 11.8 Å². The maximum Gasteiger partial charge on any atom is 0.340 e. The highest BCUT2D eigenvalue weighted by Crippen LogP contribution is 2.28. The van der Waals surface area contributed by atoms with E-state index >= 15 is 0 Å². The summed E-state index contributed by atoms with van der Waals surface area (Å²) in [6.45, 7) is 0. The number of hydrogen-bond donors (Lipinski definition) is 1. The van der Waals surface area contributed by atoms with Crippen molar-refractivity contribution in [3.8, 4) is 11.1 Å². The van der Waals surface area contributed by atoms with Gasteiger partial charge in [0.25, 0.3) is 0 Å². The molecule has 1 aromatic carbocycles. The second-order valence-electron chi connectivity index (χ2n) is 3.77. The summed E-state index contributed by atoms with van der Waals surface area (Å²) in [5, 5.41) is 0. The number of aromatic nitrogens is 1. The third-order valence-corrected chi connectivity index (χ3v) is 3.00. The van der Waals surface area contributed by atoms with Crippen LogP contribution >= 0.6 is 15.9 Å². The monoisotopic (exact) mass is 324 g/mol. The number of pyridine rings is 1. The molecule has 1 heterocycles. The van der Waals surface area contributed by atoms with Crippen molar-refractivity contribution in [2.75, 3.05) is 12.8 Å². The van der Waals surface area contributed by atoms with E-state index in [9.17, 15) is 9.18 Å². The quantitative estimate of drug-likeness (QED) is 0.862. The molecule has 2 rings (SSSR count). The summed E-state index contributed by atoms with van der Waals surface area (Å²) < 4.78 is 19.0. The van der Waals surface area contributed by atoms with Crippen molar-refractivity contribution in [1.29, 1.82) is 0 Å². The molecule has 0 fully saturated rings. The largest absolute Gasteiger partial charge is 0.465 e. The van der Waals surface area contributed by atoms with Gasteiger partial charge in [-0.2, -0.15) is 0 Å². The van der Waals surface area contributed by atoms with Crippen molar-refractivity contribution < 1.29 is 13.9 Å². The van der Waals surface area contributed by atoms with Crippen LogP contribution in [0.5, 0.6) is 0 Å². The maximum absolute atomic E-state index is 13.8. The van der Waals surface area contributed by atoms with Crippen LogP contribution in [0.15, 0.2) is 34.9 Å². The van der Waals surface area contributed by atoms with E-state index in [0.717, 1.165) is 4.47 Å². The van der Waals surface area contributed by atoms with Crippen LogP contribution < -0.4 is 5.73 Å². The molecule has 0 bridgehead atoms.